The molecule has 41 heavy (non-hydrogen) atoms. The first-order valence-electron chi connectivity index (χ1n) is 12.9. The summed E-state index contributed by atoms with van der Waals surface area (Å²) in [6.45, 7) is 5.75. The normalized spacial score (nSPS) is 20.7. The number of carboxylic acid groups (broad SMARTS) is 1. The maximum atomic E-state index is 14.7. The summed E-state index contributed by atoms with van der Waals surface area (Å²) in [5, 5.41) is 14.1. The number of nitrogens with zero attached hydrogens (tertiary/aromatic N) is 3. The van der Waals surface area contributed by atoms with E-state index in [0.717, 1.165) is 6.07 Å². The van der Waals surface area contributed by atoms with Crippen LogP contribution in [-0.4, -0.2) is 47.2 Å². The number of amidine groups is 1. The van der Waals surface area contributed by atoms with E-state index in [9.17, 15) is 18.4 Å². The summed E-state index contributed by atoms with van der Waals surface area (Å²) >= 11 is 7.60. The van der Waals surface area contributed by atoms with Crippen LogP contribution in [0.5, 0.6) is 0 Å². The summed E-state index contributed by atoms with van der Waals surface area (Å²) in [6.07, 6.45) is 3.94. The molecule has 0 saturated carbocycles. The number of esters is 1. The quantitative estimate of drug-likeness (QED) is 0.203. The number of nitrogens with two attached hydrogens (primary N) is 1. The van der Waals surface area contributed by atoms with Crippen molar-refractivity contribution >= 4 is 46.9 Å². The van der Waals surface area contributed by atoms with Gasteiger partial charge in [0.25, 0.3) is 0 Å². The number of hydrogen-bond donors (Lipinski definition) is 3. The largest absolute Gasteiger partial charge is 0.481 e. The number of benzene rings is 1. The van der Waals surface area contributed by atoms with Crippen molar-refractivity contribution in [3.63, 3.8) is 0 Å². The van der Waals surface area contributed by atoms with E-state index in [-0.39, 0.29) is 36.6 Å². The third-order valence-corrected chi connectivity index (χ3v) is 8.14. The lowest BCUT2D eigenvalue weighted by molar-refractivity contribution is -0.139. The molecule has 9 nitrogen and oxygen atoms in total. The van der Waals surface area contributed by atoms with Gasteiger partial charge < -0.3 is 20.9 Å². The highest BCUT2D eigenvalue weighted by atomic mass is 35.5. The molecule has 2 atom stereocenters. The number of hydrogen-bond acceptors (Lipinski definition) is 9. The Morgan fingerprint density at radius 3 is 2.78 bits per heavy atom. The molecular formula is C28H30ClF2N5O4S. The monoisotopic (exact) mass is 605 g/mol. The minimum atomic E-state index is -1.24. The van der Waals surface area contributed by atoms with Crippen molar-refractivity contribution < 1.29 is 28.2 Å². The summed E-state index contributed by atoms with van der Waals surface area (Å²) in [7, 11) is 0. The van der Waals surface area contributed by atoms with Crippen LogP contribution in [0.4, 0.5) is 8.78 Å². The lowest BCUT2D eigenvalue weighted by Crippen LogP contribution is -2.41. The number of ether oxygens (including phenoxy) is 1. The second-order valence-electron chi connectivity index (χ2n) is 10.3. The van der Waals surface area contributed by atoms with Crippen molar-refractivity contribution in [2.45, 2.75) is 46.1 Å². The first kappa shape index (κ1) is 30.3. The van der Waals surface area contributed by atoms with Gasteiger partial charge in [0.15, 0.2) is 22.5 Å². The van der Waals surface area contributed by atoms with Gasteiger partial charge in [-0.1, -0.05) is 31.5 Å². The van der Waals surface area contributed by atoms with Crippen molar-refractivity contribution in [2.75, 3.05) is 13.2 Å². The summed E-state index contributed by atoms with van der Waals surface area (Å²) < 4.78 is 34.1. The summed E-state index contributed by atoms with van der Waals surface area (Å²) in [6, 6.07) is 1.13. The molecular weight excluding hydrogens is 576 g/mol. The van der Waals surface area contributed by atoms with Crippen LogP contribution >= 0.6 is 22.9 Å². The molecule has 2 aromatic rings. The molecule has 4 N–H and O–H groups in total. The van der Waals surface area contributed by atoms with Crippen molar-refractivity contribution in [2.24, 2.45) is 27.1 Å². The second-order valence-corrected chi connectivity index (χ2v) is 11.5. The van der Waals surface area contributed by atoms with Crippen molar-refractivity contribution in [1.82, 2.24) is 10.3 Å². The van der Waals surface area contributed by atoms with E-state index in [2.05, 4.69) is 15.3 Å². The van der Waals surface area contributed by atoms with E-state index < -0.39 is 40.1 Å². The zero-order chi connectivity index (χ0) is 29.9. The fourth-order valence-corrected chi connectivity index (χ4v) is 5.86. The number of carbonyl (C=O) groups is 2. The van der Waals surface area contributed by atoms with E-state index in [1.54, 1.807) is 24.7 Å². The van der Waals surface area contributed by atoms with Crippen LogP contribution in [0.25, 0.3) is 0 Å². The van der Waals surface area contributed by atoms with Gasteiger partial charge in [-0.05, 0) is 31.4 Å². The molecule has 0 bridgehead atoms. The van der Waals surface area contributed by atoms with E-state index in [4.69, 9.17) is 32.2 Å². The third kappa shape index (κ3) is 6.48. The van der Waals surface area contributed by atoms with Gasteiger partial charge in [0.1, 0.15) is 6.04 Å². The minimum absolute atomic E-state index is 0.0708. The summed E-state index contributed by atoms with van der Waals surface area (Å²) in [5.74, 6) is -4.01. The van der Waals surface area contributed by atoms with Crippen molar-refractivity contribution in [3.05, 3.63) is 73.5 Å². The van der Waals surface area contributed by atoms with Crippen LogP contribution in [0.2, 0.25) is 5.02 Å². The second kappa shape index (κ2) is 12.5. The Bertz CT molecular complexity index is 1470. The number of aromatic nitrogens is 1. The number of carboxylic acids is 1. The van der Waals surface area contributed by atoms with Gasteiger partial charge in [0.2, 0.25) is 0 Å². The molecule has 0 amide bonds. The lowest BCUT2D eigenvalue weighted by Gasteiger charge is -2.40. The molecule has 0 radical (unpaired) electrons. The Morgan fingerprint density at radius 2 is 2.12 bits per heavy atom. The van der Waals surface area contributed by atoms with E-state index >= 15 is 0 Å². The lowest BCUT2D eigenvalue weighted by atomic mass is 9.69. The average Bonchev–Trinajstić information content (AvgIpc) is 3.46. The number of carbonyl (C=O) groups excluding carboxylic acids is 1. The zero-order valence-electron chi connectivity index (χ0n) is 22.7. The number of allylic oxidation sites excluding steroid dienone is 3. The minimum Gasteiger partial charge on any atom is -0.481 e. The van der Waals surface area contributed by atoms with E-state index in [0.29, 0.717) is 40.7 Å². The number of nitrogens with one attached hydrogen (secondary N) is 1. The fourth-order valence-electron chi connectivity index (χ4n) is 5.02. The molecule has 2 unspecified atom stereocenters. The Kier molecular flexibility index (Phi) is 9.23. The van der Waals surface area contributed by atoms with Crippen LogP contribution in [0.15, 0.2) is 56.2 Å². The topological polar surface area (TPSA) is 139 Å². The van der Waals surface area contributed by atoms with Gasteiger partial charge in [-0.25, -0.2) is 18.6 Å². The summed E-state index contributed by atoms with van der Waals surface area (Å²) in [4.78, 5) is 37.8. The molecule has 1 aromatic carbocycles. The maximum absolute atomic E-state index is 14.7. The first-order valence-corrected chi connectivity index (χ1v) is 14.2. The van der Waals surface area contributed by atoms with Crippen LogP contribution in [0, 0.1) is 23.0 Å². The van der Waals surface area contributed by atoms with Gasteiger partial charge in [-0.2, -0.15) is 0 Å². The number of thiazole rings is 1. The Balaban J connectivity index is 1.88. The SMILES string of the molecule is CCOC(=O)C1=C(C2CC(C=NCCC(=O)O)=C(N)C(C)(C)C2)NC(c2nccs2)=NC1c1ccc(F)c(F)c1Cl. The molecule has 0 fully saturated rings. The summed E-state index contributed by atoms with van der Waals surface area (Å²) in [5.41, 5.74) is 8.00. The van der Waals surface area contributed by atoms with Crippen LogP contribution < -0.4 is 11.1 Å². The Morgan fingerprint density at radius 1 is 1.37 bits per heavy atom. The fraction of sp³-hybridized carbons (Fsp3) is 0.393. The number of aliphatic imine (C=N–C) groups is 2. The molecule has 2 aliphatic rings. The molecule has 2 heterocycles. The molecule has 4 rings (SSSR count). The number of aliphatic carboxylic acids is 1. The predicted octanol–water partition coefficient (Wildman–Crippen LogP) is 5.18. The van der Waals surface area contributed by atoms with Gasteiger partial charge in [0.05, 0.1) is 23.6 Å². The Labute approximate surface area is 244 Å². The van der Waals surface area contributed by atoms with Crippen LogP contribution in [-0.2, 0) is 14.3 Å². The van der Waals surface area contributed by atoms with Gasteiger partial charge >= 0.3 is 11.9 Å². The smallest absolute Gasteiger partial charge is 0.338 e. The highest BCUT2D eigenvalue weighted by Crippen LogP contribution is 2.46. The number of halogens is 3. The average molecular weight is 606 g/mol. The number of rotatable bonds is 9. The van der Waals surface area contributed by atoms with Crippen LogP contribution in [0.3, 0.4) is 0 Å². The first-order chi connectivity index (χ1) is 19.4. The van der Waals surface area contributed by atoms with Gasteiger partial charge in [-0.15, -0.1) is 11.3 Å². The molecule has 1 aliphatic carbocycles. The molecule has 1 aromatic heterocycles. The molecule has 218 valence electrons. The molecule has 13 heteroatoms. The highest BCUT2D eigenvalue weighted by Gasteiger charge is 2.41. The third-order valence-electron chi connectivity index (χ3n) is 6.97. The predicted molar refractivity (Wildman–Crippen MR) is 153 cm³/mol. The zero-order valence-corrected chi connectivity index (χ0v) is 24.3. The highest BCUT2D eigenvalue weighted by molar-refractivity contribution is 7.11. The van der Waals surface area contributed by atoms with E-state index in [1.165, 1.54) is 17.4 Å². The van der Waals surface area contributed by atoms with Gasteiger partial charge in [-0.3, -0.25) is 14.8 Å². The Hall–Kier alpha value is -3.64. The maximum Gasteiger partial charge on any atom is 0.338 e. The molecule has 1 aliphatic heterocycles. The standard InChI is InChI=1S/C28H30ClF2N5O4S/c1-4-40-27(39)19-22(14-11-15(13-33-8-7-18(37)38)24(32)28(2,3)12-14)35-25(26-34-9-10-41-26)36-23(19)16-5-6-17(30)21(31)20(16)29/h5-6,9-10,13-14,23H,4,7-8,11-12,32H2,1-3H3,(H,35,36)(H,37,38). The molecule has 0 spiro atoms. The molecule has 0 saturated heterocycles. The van der Waals surface area contributed by atoms with Crippen molar-refractivity contribution in [3.8, 4) is 0 Å². The van der Waals surface area contributed by atoms with Crippen molar-refractivity contribution in [1.29, 1.82) is 0 Å². The van der Waals surface area contributed by atoms with Gasteiger partial charge in [0, 0.05) is 52.6 Å². The van der Waals surface area contributed by atoms with E-state index in [1.807, 2.05) is 13.8 Å². The van der Waals surface area contributed by atoms with Crippen LogP contribution in [0.1, 0.15) is 56.6 Å².